The Morgan fingerprint density at radius 2 is 1.65 bits per heavy atom. The van der Waals surface area contributed by atoms with Crippen molar-refractivity contribution in [2.75, 3.05) is 26.3 Å². The van der Waals surface area contributed by atoms with Crippen molar-refractivity contribution in [1.82, 2.24) is 4.31 Å². The number of rotatable bonds is 6. The molecule has 0 atom stereocenters. The summed E-state index contributed by atoms with van der Waals surface area (Å²) < 4.78 is 25.9. The van der Waals surface area contributed by atoms with Gasteiger partial charge in [0.15, 0.2) is 0 Å². The molecule has 0 bridgehead atoms. The lowest BCUT2D eigenvalue weighted by atomic mass is 10.4. The molecule has 0 aromatic heterocycles. The molecular formula is C10H14BrNO4S. The largest absolute Gasteiger partial charge is 0.395 e. The first-order valence-electron chi connectivity index (χ1n) is 5.00. The van der Waals surface area contributed by atoms with Gasteiger partial charge >= 0.3 is 0 Å². The number of benzene rings is 1. The molecule has 0 aliphatic rings. The van der Waals surface area contributed by atoms with E-state index in [2.05, 4.69) is 15.9 Å². The van der Waals surface area contributed by atoms with Gasteiger partial charge in [0.2, 0.25) is 10.0 Å². The first-order chi connectivity index (χ1) is 8.04. The maximum atomic E-state index is 12.2. The number of aliphatic hydroxyl groups excluding tert-OH is 2. The van der Waals surface area contributed by atoms with Crippen LogP contribution in [0.5, 0.6) is 0 Å². The minimum Gasteiger partial charge on any atom is -0.395 e. The van der Waals surface area contributed by atoms with Crippen molar-refractivity contribution < 1.29 is 18.6 Å². The molecule has 1 rings (SSSR count). The van der Waals surface area contributed by atoms with Crippen molar-refractivity contribution in [2.24, 2.45) is 0 Å². The van der Waals surface area contributed by atoms with Crippen molar-refractivity contribution >= 4 is 26.0 Å². The predicted octanol–water partition coefficient (Wildman–Crippen LogP) is 0.424. The van der Waals surface area contributed by atoms with E-state index in [9.17, 15) is 8.42 Å². The summed E-state index contributed by atoms with van der Waals surface area (Å²) in [5, 5.41) is 17.7. The smallest absolute Gasteiger partial charge is 0.244 e. The first-order valence-corrected chi connectivity index (χ1v) is 7.23. The van der Waals surface area contributed by atoms with Crippen LogP contribution >= 0.6 is 15.9 Å². The second-order valence-electron chi connectivity index (χ2n) is 3.28. The molecule has 1 aromatic rings. The number of hydrogen-bond acceptors (Lipinski definition) is 4. The third-order valence-electron chi connectivity index (χ3n) is 2.15. The molecular weight excluding hydrogens is 310 g/mol. The number of halogens is 1. The summed E-state index contributed by atoms with van der Waals surface area (Å²) in [7, 11) is -3.69. The van der Waals surface area contributed by atoms with Crippen LogP contribution in [0.3, 0.4) is 0 Å². The van der Waals surface area contributed by atoms with E-state index < -0.39 is 10.0 Å². The maximum Gasteiger partial charge on any atom is 0.244 e. The molecule has 5 nitrogen and oxygen atoms in total. The molecule has 2 N–H and O–H groups in total. The number of aliphatic hydroxyl groups is 2. The molecule has 96 valence electrons. The Morgan fingerprint density at radius 3 is 2.12 bits per heavy atom. The van der Waals surface area contributed by atoms with Gasteiger partial charge in [-0.3, -0.25) is 0 Å². The second-order valence-corrected chi connectivity index (χ2v) is 6.04. The maximum absolute atomic E-state index is 12.2. The van der Waals surface area contributed by atoms with E-state index in [1.807, 2.05) is 0 Å². The van der Waals surface area contributed by atoms with Crippen molar-refractivity contribution in [3.63, 3.8) is 0 Å². The van der Waals surface area contributed by atoms with Crippen LogP contribution in [0, 0.1) is 0 Å². The van der Waals surface area contributed by atoms with Crippen LogP contribution in [0.2, 0.25) is 0 Å². The van der Waals surface area contributed by atoms with Crippen molar-refractivity contribution in [1.29, 1.82) is 0 Å². The number of hydrogen-bond donors (Lipinski definition) is 2. The Kier molecular flexibility index (Phi) is 5.54. The molecule has 7 heteroatoms. The molecule has 0 radical (unpaired) electrons. The highest BCUT2D eigenvalue weighted by Crippen LogP contribution is 2.24. The normalized spacial score (nSPS) is 12.0. The Labute approximate surface area is 109 Å². The number of nitrogens with zero attached hydrogens (tertiary/aromatic N) is 1. The minimum absolute atomic E-state index is 0.0375. The van der Waals surface area contributed by atoms with Gasteiger partial charge in [0.05, 0.1) is 18.1 Å². The standard InChI is InChI=1S/C10H14BrNO4S/c11-9-3-1-2-4-10(9)17(15,16)12(5-7-13)6-8-14/h1-4,13-14H,5-8H2. The highest BCUT2D eigenvalue weighted by atomic mass is 79.9. The van der Waals surface area contributed by atoms with E-state index in [1.165, 1.54) is 6.07 Å². The summed E-state index contributed by atoms with van der Waals surface area (Å²) in [5.74, 6) is 0. The Bertz CT molecular complexity index is 457. The van der Waals surface area contributed by atoms with Crippen LogP contribution in [0.15, 0.2) is 33.6 Å². The lowest BCUT2D eigenvalue weighted by molar-refractivity contribution is 0.217. The summed E-state index contributed by atoms with van der Waals surface area (Å²) in [5.41, 5.74) is 0. The van der Waals surface area contributed by atoms with Gasteiger partial charge in [0.1, 0.15) is 0 Å². The quantitative estimate of drug-likeness (QED) is 0.795. The van der Waals surface area contributed by atoms with Gasteiger partial charge in [-0.05, 0) is 28.1 Å². The van der Waals surface area contributed by atoms with E-state index in [-0.39, 0.29) is 31.2 Å². The van der Waals surface area contributed by atoms with E-state index in [0.29, 0.717) is 4.47 Å². The van der Waals surface area contributed by atoms with Crippen LogP contribution in [0.1, 0.15) is 0 Å². The van der Waals surface area contributed by atoms with Crippen LogP contribution in [0.4, 0.5) is 0 Å². The van der Waals surface area contributed by atoms with Gasteiger partial charge in [-0.15, -0.1) is 0 Å². The summed E-state index contributed by atoms with van der Waals surface area (Å²) in [4.78, 5) is 0.127. The molecule has 1 aromatic carbocycles. The average Bonchev–Trinajstić information content (AvgIpc) is 2.29. The third kappa shape index (κ3) is 3.49. The summed E-state index contributed by atoms with van der Waals surface area (Å²) in [6.07, 6.45) is 0. The fourth-order valence-corrected chi connectivity index (χ4v) is 3.75. The van der Waals surface area contributed by atoms with Gasteiger partial charge in [0, 0.05) is 17.6 Å². The minimum atomic E-state index is -3.69. The SMILES string of the molecule is O=S(=O)(c1ccccc1Br)N(CCO)CCO. The van der Waals surface area contributed by atoms with Crippen LogP contribution in [0.25, 0.3) is 0 Å². The molecule has 17 heavy (non-hydrogen) atoms. The van der Waals surface area contributed by atoms with Crippen LogP contribution in [-0.4, -0.2) is 49.2 Å². The van der Waals surface area contributed by atoms with Gasteiger partial charge < -0.3 is 10.2 Å². The molecule has 0 aliphatic heterocycles. The zero-order valence-electron chi connectivity index (χ0n) is 9.08. The Morgan fingerprint density at radius 1 is 1.12 bits per heavy atom. The fourth-order valence-electron chi connectivity index (χ4n) is 1.37. The Hall–Kier alpha value is -0.470. The van der Waals surface area contributed by atoms with Crippen molar-refractivity contribution in [3.05, 3.63) is 28.7 Å². The molecule has 0 aliphatic carbocycles. The molecule has 0 spiro atoms. The molecule has 0 fully saturated rings. The van der Waals surface area contributed by atoms with Gasteiger partial charge in [-0.2, -0.15) is 4.31 Å². The highest BCUT2D eigenvalue weighted by molar-refractivity contribution is 9.10. The van der Waals surface area contributed by atoms with Gasteiger partial charge in [0.25, 0.3) is 0 Å². The summed E-state index contributed by atoms with van der Waals surface area (Å²) in [6.45, 7) is -0.651. The van der Waals surface area contributed by atoms with Gasteiger partial charge in [-0.1, -0.05) is 12.1 Å². The van der Waals surface area contributed by atoms with Gasteiger partial charge in [-0.25, -0.2) is 8.42 Å². The Balaban J connectivity index is 3.12. The zero-order valence-corrected chi connectivity index (χ0v) is 11.5. The molecule has 0 saturated carbocycles. The lowest BCUT2D eigenvalue weighted by Crippen LogP contribution is -2.36. The number of sulfonamides is 1. The van der Waals surface area contributed by atoms with Crippen molar-refractivity contribution in [3.8, 4) is 0 Å². The van der Waals surface area contributed by atoms with Crippen LogP contribution in [-0.2, 0) is 10.0 Å². The molecule has 0 heterocycles. The average molecular weight is 324 g/mol. The predicted molar refractivity (Wildman–Crippen MR) is 67.1 cm³/mol. The lowest BCUT2D eigenvalue weighted by Gasteiger charge is -2.20. The summed E-state index contributed by atoms with van der Waals surface area (Å²) >= 11 is 3.17. The molecule has 0 saturated heterocycles. The molecule has 0 unspecified atom stereocenters. The zero-order chi connectivity index (χ0) is 12.9. The molecule has 0 amide bonds. The first kappa shape index (κ1) is 14.6. The van der Waals surface area contributed by atoms with E-state index >= 15 is 0 Å². The highest BCUT2D eigenvalue weighted by Gasteiger charge is 2.25. The third-order valence-corrected chi connectivity index (χ3v) is 5.06. The van der Waals surface area contributed by atoms with Crippen molar-refractivity contribution in [2.45, 2.75) is 4.90 Å². The van der Waals surface area contributed by atoms with E-state index in [4.69, 9.17) is 10.2 Å². The fraction of sp³-hybridized carbons (Fsp3) is 0.400. The topological polar surface area (TPSA) is 77.8 Å². The summed E-state index contributed by atoms with van der Waals surface area (Å²) in [6, 6.07) is 6.43. The monoisotopic (exact) mass is 323 g/mol. The van der Waals surface area contributed by atoms with E-state index in [1.54, 1.807) is 18.2 Å². The van der Waals surface area contributed by atoms with E-state index in [0.717, 1.165) is 4.31 Å². The second kappa shape index (κ2) is 6.46. The van der Waals surface area contributed by atoms with Crippen LogP contribution < -0.4 is 0 Å².